The van der Waals surface area contributed by atoms with Gasteiger partial charge >= 0.3 is 12.1 Å². The molecule has 2 saturated carbocycles. The van der Waals surface area contributed by atoms with Crippen LogP contribution in [0.15, 0.2) is 24.3 Å². The van der Waals surface area contributed by atoms with Crippen molar-refractivity contribution in [3.63, 3.8) is 0 Å². The zero-order valence-electron chi connectivity index (χ0n) is 21.0. The molecular weight excluding hydrogens is 439 g/mol. The van der Waals surface area contributed by atoms with E-state index in [1.165, 1.54) is 44.2 Å². The highest BCUT2D eigenvalue weighted by Gasteiger charge is 2.40. The Morgan fingerprint density at radius 1 is 0.971 bits per heavy atom. The molecule has 3 nitrogen and oxygen atoms in total. The highest BCUT2D eigenvalue weighted by atomic mass is 19.4. The van der Waals surface area contributed by atoms with E-state index in [1.807, 2.05) is 0 Å². The second kappa shape index (κ2) is 11.5. The zero-order valence-corrected chi connectivity index (χ0v) is 21.0. The number of hydrogen-bond donors (Lipinski definition) is 1. The smallest absolute Gasteiger partial charge is 0.416 e. The summed E-state index contributed by atoms with van der Waals surface area (Å²) in [6.07, 6.45) is 5.81. The van der Waals surface area contributed by atoms with Crippen molar-refractivity contribution in [2.24, 2.45) is 17.3 Å². The largest absolute Gasteiger partial charge is 0.481 e. The first kappa shape index (κ1) is 27.0. The quantitative estimate of drug-likeness (QED) is 0.413. The number of carboxylic acid groups (broad SMARTS) is 1. The molecule has 3 rings (SSSR count). The second-order valence-corrected chi connectivity index (χ2v) is 11.8. The maximum absolute atomic E-state index is 13.2. The SMILES string of the molecule is CC(C)(C)CCN(CC1CCCCC1)C1CCCC(CC(=O)O)C1c1ccc(C(F)(F)F)cc1. The van der Waals surface area contributed by atoms with Crippen LogP contribution in [0.1, 0.15) is 102 Å². The van der Waals surface area contributed by atoms with Crippen LogP contribution in [0.3, 0.4) is 0 Å². The third-order valence-corrected chi connectivity index (χ3v) is 7.89. The molecule has 2 aliphatic rings. The van der Waals surface area contributed by atoms with Gasteiger partial charge in [0, 0.05) is 24.9 Å². The van der Waals surface area contributed by atoms with Crippen LogP contribution in [0.4, 0.5) is 13.2 Å². The van der Waals surface area contributed by atoms with Crippen molar-refractivity contribution < 1.29 is 23.1 Å². The lowest BCUT2D eigenvalue weighted by molar-refractivity contribution is -0.139. The molecule has 1 N–H and O–H groups in total. The maximum Gasteiger partial charge on any atom is 0.416 e. The van der Waals surface area contributed by atoms with Gasteiger partial charge in [0.05, 0.1) is 5.56 Å². The molecule has 0 saturated heterocycles. The molecule has 2 aliphatic carbocycles. The molecule has 3 unspecified atom stereocenters. The normalized spacial score (nSPS) is 25.0. The topological polar surface area (TPSA) is 40.5 Å². The number of alkyl halides is 3. The molecule has 0 amide bonds. The molecule has 192 valence electrons. The Morgan fingerprint density at radius 2 is 1.62 bits per heavy atom. The Labute approximate surface area is 203 Å². The van der Waals surface area contributed by atoms with Crippen molar-refractivity contribution in [2.75, 3.05) is 13.1 Å². The van der Waals surface area contributed by atoms with Gasteiger partial charge in [-0.3, -0.25) is 9.69 Å². The van der Waals surface area contributed by atoms with Gasteiger partial charge in [-0.15, -0.1) is 0 Å². The number of carboxylic acids is 1. The number of aliphatic carboxylic acids is 1. The minimum absolute atomic E-state index is 0.0588. The summed E-state index contributed by atoms with van der Waals surface area (Å²) >= 11 is 0. The summed E-state index contributed by atoms with van der Waals surface area (Å²) in [5, 5.41) is 9.61. The molecule has 0 heterocycles. The van der Waals surface area contributed by atoms with E-state index in [4.69, 9.17) is 0 Å². The van der Waals surface area contributed by atoms with E-state index in [0.717, 1.165) is 44.3 Å². The van der Waals surface area contributed by atoms with E-state index < -0.39 is 17.7 Å². The first-order chi connectivity index (χ1) is 15.9. The first-order valence-electron chi connectivity index (χ1n) is 13.1. The maximum atomic E-state index is 13.2. The van der Waals surface area contributed by atoms with Gasteiger partial charge in [-0.25, -0.2) is 0 Å². The molecule has 6 heteroatoms. The molecular formula is C28H42F3NO2. The number of benzene rings is 1. The summed E-state index contributed by atoms with van der Waals surface area (Å²) in [6, 6.07) is 5.70. The van der Waals surface area contributed by atoms with Crippen LogP contribution in [0, 0.1) is 17.3 Å². The standard InChI is InChI=1S/C28H42F3NO2/c1-27(2,3)16-17-32(19-20-8-5-4-6-9-20)24-11-7-10-22(18-25(33)34)26(24)21-12-14-23(15-13-21)28(29,30)31/h12-15,20,22,24,26H,4-11,16-19H2,1-3H3,(H,33,34). The van der Waals surface area contributed by atoms with Crippen molar-refractivity contribution >= 4 is 5.97 Å². The third kappa shape index (κ3) is 7.73. The lowest BCUT2D eigenvalue weighted by Crippen LogP contribution is -2.48. The third-order valence-electron chi connectivity index (χ3n) is 7.89. The lowest BCUT2D eigenvalue weighted by Gasteiger charge is -2.46. The Balaban J connectivity index is 1.92. The lowest BCUT2D eigenvalue weighted by atomic mass is 9.70. The number of nitrogens with zero attached hydrogens (tertiary/aromatic N) is 1. The number of carbonyl (C=O) groups is 1. The molecule has 0 aliphatic heterocycles. The van der Waals surface area contributed by atoms with E-state index in [1.54, 1.807) is 12.1 Å². The van der Waals surface area contributed by atoms with Gasteiger partial charge in [-0.1, -0.05) is 58.6 Å². The van der Waals surface area contributed by atoms with E-state index in [0.29, 0.717) is 5.92 Å². The summed E-state index contributed by atoms with van der Waals surface area (Å²) in [6.45, 7) is 8.69. The predicted octanol–water partition coefficient (Wildman–Crippen LogP) is 7.75. The van der Waals surface area contributed by atoms with Crippen LogP contribution in [0.25, 0.3) is 0 Å². The van der Waals surface area contributed by atoms with Gasteiger partial charge in [0.2, 0.25) is 0 Å². The fourth-order valence-corrected chi connectivity index (χ4v) is 6.09. The number of rotatable bonds is 8. The second-order valence-electron chi connectivity index (χ2n) is 11.8. The Bertz CT molecular complexity index is 778. The average Bonchev–Trinajstić information content (AvgIpc) is 2.76. The van der Waals surface area contributed by atoms with Crippen molar-refractivity contribution in [3.05, 3.63) is 35.4 Å². The number of hydrogen-bond acceptors (Lipinski definition) is 2. The summed E-state index contributed by atoms with van der Waals surface area (Å²) in [5.41, 5.74) is 0.391. The zero-order chi connectivity index (χ0) is 24.9. The Kier molecular flexibility index (Phi) is 9.10. The van der Waals surface area contributed by atoms with Gasteiger partial charge < -0.3 is 5.11 Å². The van der Waals surface area contributed by atoms with E-state index >= 15 is 0 Å². The molecule has 0 bridgehead atoms. The Morgan fingerprint density at radius 3 is 2.18 bits per heavy atom. The summed E-state index contributed by atoms with van der Waals surface area (Å²) < 4.78 is 39.6. The molecule has 1 aromatic rings. The van der Waals surface area contributed by atoms with Crippen molar-refractivity contribution in [1.82, 2.24) is 4.90 Å². The van der Waals surface area contributed by atoms with Crippen molar-refractivity contribution in [2.45, 2.75) is 103 Å². The minimum atomic E-state index is -4.37. The summed E-state index contributed by atoms with van der Waals surface area (Å²) in [7, 11) is 0. The van der Waals surface area contributed by atoms with Gasteiger partial charge in [0.15, 0.2) is 0 Å². The molecule has 2 fully saturated rings. The monoisotopic (exact) mass is 481 g/mol. The van der Waals surface area contributed by atoms with Crippen LogP contribution in [-0.2, 0) is 11.0 Å². The molecule has 0 aromatic heterocycles. The van der Waals surface area contributed by atoms with Crippen LogP contribution in [0.5, 0.6) is 0 Å². The summed E-state index contributed by atoms with van der Waals surface area (Å²) in [5.74, 6) is -0.287. The molecule has 34 heavy (non-hydrogen) atoms. The molecule has 1 aromatic carbocycles. The van der Waals surface area contributed by atoms with E-state index in [-0.39, 0.29) is 29.7 Å². The summed E-state index contributed by atoms with van der Waals surface area (Å²) in [4.78, 5) is 14.3. The highest BCUT2D eigenvalue weighted by molar-refractivity contribution is 5.67. The minimum Gasteiger partial charge on any atom is -0.481 e. The van der Waals surface area contributed by atoms with E-state index in [2.05, 4.69) is 25.7 Å². The fourth-order valence-electron chi connectivity index (χ4n) is 6.09. The first-order valence-corrected chi connectivity index (χ1v) is 13.1. The fraction of sp³-hybridized carbons (Fsp3) is 0.750. The van der Waals surface area contributed by atoms with Gasteiger partial charge in [0.25, 0.3) is 0 Å². The number of halogens is 3. The van der Waals surface area contributed by atoms with E-state index in [9.17, 15) is 23.1 Å². The predicted molar refractivity (Wildman–Crippen MR) is 130 cm³/mol. The van der Waals surface area contributed by atoms with Crippen LogP contribution in [0.2, 0.25) is 0 Å². The highest BCUT2D eigenvalue weighted by Crippen LogP contribution is 2.44. The Hall–Kier alpha value is -1.56. The van der Waals surface area contributed by atoms with Crippen LogP contribution < -0.4 is 0 Å². The van der Waals surface area contributed by atoms with Crippen LogP contribution in [-0.4, -0.2) is 35.1 Å². The van der Waals surface area contributed by atoms with Gasteiger partial charge in [-0.2, -0.15) is 13.2 Å². The van der Waals surface area contributed by atoms with Crippen molar-refractivity contribution in [3.8, 4) is 0 Å². The van der Waals surface area contributed by atoms with Gasteiger partial charge in [-0.05, 0) is 73.6 Å². The van der Waals surface area contributed by atoms with Crippen molar-refractivity contribution in [1.29, 1.82) is 0 Å². The molecule has 3 atom stereocenters. The average molecular weight is 482 g/mol. The van der Waals surface area contributed by atoms with Crippen LogP contribution >= 0.6 is 0 Å². The molecule has 0 radical (unpaired) electrons. The van der Waals surface area contributed by atoms with Gasteiger partial charge in [0.1, 0.15) is 0 Å². The molecule has 0 spiro atoms.